The molecule has 14 heavy (non-hydrogen) atoms. The molecule has 0 aromatic heterocycles. The molecule has 0 saturated heterocycles. The summed E-state index contributed by atoms with van der Waals surface area (Å²) in [4.78, 5) is 0. The smallest absolute Gasteiger partial charge is 0.126 e. The van der Waals surface area contributed by atoms with Crippen molar-refractivity contribution < 1.29 is 4.39 Å². The molecule has 0 nitrogen and oxygen atoms in total. The van der Waals surface area contributed by atoms with Crippen molar-refractivity contribution >= 4 is 6.08 Å². The van der Waals surface area contributed by atoms with Gasteiger partial charge in [-0.1, -0.05) is 45.1 Å². The van der Waals surface area contributed by atoms with E-state index in [9.17, 15) is 4.39 Å². The molecule has 0 unspecified atom stereocenters. The molecule has 1 aromatic carbocycles. The Kier molecular flexibility index (Phi) is 3.10. The maximum Gasteiger partial charge on any atom is 0.126 e. The lowest BCUT2D eigenvalue weighted by Crippen LogP contribution is -1.98. The fourth-order valence-corrected chi connectivity index (χ4v) is 1.14. The zero-order chi connectivity index (χ0) is 10.8. The molecule has 0 aliphatic carbocycles. The van der Waals surface area contributed by atoms with Crippen molar-refractivity contribution in [3.63, 3.8) is 0 Å². The van der Waals surface area contributed by atoms with E-state index >= 15 is 0 Å². The first-order chi connectivity index (χ1) is 6.40. The van der Waals surface area contributed by atoms with E-state index in [4.69, 9.17) is 0 Å². The summed E-state index contributed by atoms with van der Waals surface area (Å²) in [5.74, 6) is -0.138. The molecule has 0 N–H and O–H groups in total. The van der Waals surface area contributed by atoms with Crippen molar-refractivity contribution in [3.8, 4) is 0 Å². The largest absolute Gasteiger partial charge is 0.207 e. The maximum absolute atomic E-state index is 13.2. The van der Waals surface area contributed by atoms with Crippen LogP contribution >= 0.6 is 0 Å². The summed E-state index contributed by atoms with van der Waals surface area (Å²) >= 11 is 0. The van der Waals surface area contributed by atoms with Crippen molar-refractivity contribution in [1.29, 1.82) is 0 Å². The number of halogens is 1. The lowest BCUT2D eigenvalue weighted by Gasteiger charge is -2.11. The number of hydrogen-bond acceptors (Lipinski definition) is 0. The molecule has 0 spiro atoms. The molecule has 0 aliphatic heterocycles. The van der Waals surface area contributed by atoms with Crippen LogP contribution in [0.4, 0.5) is 4.39 Å². The van der Waals surface area contributed by atoms with Crippen LogP contribution in [0.2, 0.25) is 0 Å². The molecular weight excluding hydrogens is 175 g/mol. The standard InChI is InChI=1S/C13H17F/c1-10-11(6-5-7-12(10)14)8-9-13(2,3)4/h5-9H,1-4H3/b9-8+. The van der Waals surface area contributed by atoms with Gasteiger partial charge in [-0.05, 0) is 29.5 Å². The van der Waals surface area contributed by atoms with E-state index in [1.807, 2.05) is 12.1 Å². The predicted octanol–water partition coefficient (Wildman–Crippen LogP) is 4.19. The Labute approximate surface area is 85.5 Å². The van der Waals surface area contributed by atoms with Gasteiger partial charge in [-0.15, -0.1) is 0 Å². The summed E-state index contributed by atoms with van der Waals surface area (Å²) in [6.07, 6.45) is 4.08. The van der Waals surface area contributed by atoms with Gasteiger partial charge in [0.25, 0.3) is 0 Å². The van der Waals surface area contributed by atoms with Crippen molar-refractivity contribution in [3.05, 3.63) is 41.2 Å². The quantitative estimate of drug-likeness (QED) is 0.625. The number of allylic oxidation sites excluding steroid dienone is 1. The van der Waals surface area contributed by atoms with E-state index < -0.39 is 0 Å². The van der Waals surface area contributed by atoms with Gasteiger partial charge < -0.3 is 0 Å². The summed E-state index contributed by atoms with van der Waals surface area (Å²) in [5.41, 5.74) is 1.81. The molecule has 1 heteroatoms. The van der Waals surface area contributed by atoms with Crippen LogP contribution in [0.25, 0.3) is 6.08 Å². The molecule has 1 aromatic rings. The normalized spacial score (nSPS) is 12.4. The number of benzene rings is 1. The molecule has 0 atom stereocenters. The van der Waals surface area contributed by atoms with Gasteiger partial charge in [-0.25, -0.2) is 4.39 Å². The highest BCUT2D eigenvalue weighted by Crippen LogP contribution is 2.19. The molecule has 1 rings (SSSR count). The van der Waals surface area contributed by atoms with E-state index in [2.05, 4.69) is 26.8 Å². The molecule has 0 saturated carbocycles. The van der Waals surface area contributed by atoms with Crippen LogP contribution in [0.5, 0.6) is 0 Å². The first-order valence-corrected chi connectivity index (χ1v) is 4.84. The highest BCUT2D eigenvalue weighted by molar-refractivity contribution is 5.54. The van der Waals surface area contributed by atoms with Gasteiger partial charge in [0.15, 0.2) is 0 Å². The minimum atomic E-state index is -0.138. The van der Waals surface area contributed by atoms with Crippen LogP contribution in [-0.2, 0) is 0 Å². The van der Waals surface area contributed by atoms with Crippen LogP contribution < -0.4 is 0 Å². The third kappa shape index (κ3) is 2.99. The van der Waals surface area contributed by atoms with Crippen molar-refractivity contribution in [1.82, 2.24) is 0 Å². The second kappa shape index (κ2) is 3.95. The number of rotatable bonds is 1. The van der Waals surface area contributed by atoms with Crippen LogP contribution in [0.1, 0.15) is 31.9 Å². The van der Waals surface area contributed by atoms with Gasteiger partial charge in [0.2, 0.25) is 0 Å². The van der Waals surface area contributed by atoms with Crippen LogP contribution in [0.3, 0.4) is 0 Å². The van der Waals surface area contributed by atoms with Gasteiger partial charge in [0, 0.05) is 0 Å². The first kappa shape index (κ1) is 11.0. The topological polar surface area (TPSA) is 0 Å². The SMILES string of the molecule is Cc1c(F)cccc1/C=C/C(C)(C)C. The third-order valence-electron chi connectivity index (χ3n) is 2.07. The van der Waals surface area contributed by atoms with E-state index in [0.29, 0.717) is 5.56 Å². The average molecular weight is 192 g/mol. The average Bonchev–Trinajstić information content (AvgIpc) is 2.06. The Morgan fingerprint density at radius 2 is 1.86 bits per heavy atom. The maximum atomic E-state index is 13.2. The van der Waals surface area contributed by atoms with Crippen molar-refractivity contribution in [2.45, 2.75) is 27.7 Å². The van der Waals surface area contributed by atoms with Crippen LogP contribution in [0.15, 0.2) is 24.3 Å². The van der Waals surface area contributed by atoms with Crippen molar-refractivity contribution in [2.24, 2.45) is 5.41 Å². The lowest BCUT2D eigenvalue weighted by atomic mass is 9.94. The molecule has 0 heterocycles. The Balaban J connectivity index is 2.98. The van der Waals surface area contributed by atoms with Gasteiger partial charge in [0.05, 0.1) is 0 Å². The van der Waals surface area contributed by atoms with E-state index in [1.54, 1.807) is 13.0 Å². The number of hydrogen-bond donors (Lipinski definition) is 0. The molecule has 0 fully saturated rings. The predicted molar refractivity (Wildman–Crippen MR) is 59.6 cm³/mol. The summed E-state index contributed by atoms with van der Waals surface area (Å²) in [6, 6.07) is 5.16. The Bertz CT molecular complexity index is 343. The molecule has 0 radical (unpaired) electrons. The lowest BCUT2D eigenvalue weighted by molar-refractivity contribution is 0.547. The van der Waals surface area contributed by atoms with E-state index in [1.165, 1.54) is 6.07 Å². The highest BCUT2D eigenvalue weighted by Gasteiger charge is 2.05. The van der Waals surface area contributed by atoms with Crippen molar-refractivity contribution in [2.75, 3.05) is 0 Å². The minimum absolute atomic E-state index is 0.138. The second-order valence-electron chi connectivity index (χ2n) is 4.65. The fraction of sp³-hybridized carbons (Fsp3) is 0.385. The van der Waals surface area contributed by atoms with Crippen LogP contribution in [0, 0.1) is 18.2 Å². The Hall–Kier alpha value is -1.11. The van der Waals surface area contributed by atoms with Gasteiger partial charge >= 0.3 is 0 Å². The molecule has 0 aliphatic rings. The Morgan fingerprint density at radius 1 is 1.21 bits per heavy atom. The molecule has 0 bridgehead atoms. The zero-order valence-electron chi connectivity index (χ0n) is 9.26. The summed E-state index contributed by atoms with van der Waals surface area (Å²) in [7, 11) is 0. The summed E-state index contributed by atoms with van der Waals surface area (Å²) < 4.78 is 13.2. The van der Waals surface area contributed by atoms with Crippen LogP contribution in [-0.4, -0.2) is 0 Å². The minimum Gasteiger partial charge on any atom is -0.207 e. The second-order valence-corrected chi connectivity index (χ2v) is 4.65. The zero-order valence-corrected chi connectivity index (χ0v) is 9.26. The van der Waals surface area contributed by atoms with Gasteiger partial charge in [-0.3, -0.25) is 0 Å². The van der Waals surface area contributed by atoms with Gasteiger partial charge in [-0.2, -0.15) is 0 Å². The van der Waals surface area contributed by atoms with E-state index in [0.717, 1.165) is 5.56 Å². The highest BCUT2D eigenvalue weighted by atomic mass is 19.1. The monoisotopic (exact) mass is 192 g/mol. The molecule has 0 amide bonds. The molecule has 76 valence electrons. The first-order valence-electron chi connectivity index (χ1n) is 4.84. The van der Waals surface area contributed by atoms with Gasteiger partial charge in [0.1, 0.15) is 5.82 Å². The fourth-order valence-electron chi connectivity index (χ4n) is 1.14. The summed E-state index contributed by atoms with van der Waals surface area (Å²) in [5, 5.41) is 0. The Morgan fingerprint density at radius 3 is 2.43 bits per heavy atom. The molecular formula is C13H17F. The summed E-state index contributed by atoms with van der Waals surface area (Å²) in [6.45, 7) is 8.17. The van der Waals surface area contributed by atoms with E-state index in [-0.39, 0.29) is 11.2 Å². The third-order valence-corrected chi connectivity index (χ3v) is 2.07.